The Morgan fingerprint density at radius 1 is 1.29 bits per heavy atom. The Kier molecular flexibility index (Phi) is 6.22. The molecule has 0 spiro atoms. The van der Waals surface area contributed by atoms with Gasteiger partial charge in [0.25, 0.3) is 0 Å². The minimum Gasteiger partial charge on any atom is -0.369 e. The van der Waals surface area contributed by atoms with E-state index in [1.807, 2.05) is 0 Å². The number of hydrogen-bond donors (Lipinski definition) is 2. The number of nitrogens with zero attached hydrogens (tertiary/aromatic N) is 1. The van der Waals surface area contributed by atoms with Crippen molar-refractivity contribution in [2.24, 2.45) is 15.9 Å². The predicted octanol–water partition coefficient (Wildman–Crippen LogP) is 0.102. The highest BCUT2D eigenvalue weighted by Crippen LogP contribution is 2.02. The molecule has 0 radical (unpaired) electrons. The van der Waals surface area contributed by atoms with Gasteiger partial charge in [-0.15, -0.1) is 4.40 Å². The summed E-state index contributed by atoms with van der Waals surface area (Å²) in [6.07, 6.45) is 3.77. The fraction of sp³-hybridized carbons (Fsp3) is 0.857. The Balaban J connectivity index is 3.73. The second kappa shape index (κ2) is 6.61. The Morgan fingerprint density at radius 3 is 2.43 bits per heavy atom. The van der Waals surface area contributed by atoms with Gasteiger partial charge < -0.3 is 11.5 Å². The van der Waals surface area contributed by atoms with Gasteiger partial charge in [0.1, 0.15) is 0 Å². The van der Waals surface area contributed by atoms with E-state index in [0.29, 0.717) is 6.42 Å². The van der Waals surface area contributed by atoms with E-state index in [0.717, 1.165) is 19.3 Å². The molecule has 14 heavy (non-hydrogen) atoms. The lowest BCUT2D eigenvalue weighted by atomic mass is 10.2. The van der Waals surface area contributed by atoms with Gasteiger partial charge in [-0.25, -0.2) is 0 Å². The first-order valence-electron chi connectivity index (χ1n) is 4.48. The normalized spacial score (nSPS) is 11.2. The van der Waals surface area contributed by atoms with Crippen molar-refractivity contribution in [1.29, 1.82) is 0 Å². The highest BCUT2D eigenvalue weighted by molar-refractivity contribution is 7.85. The van der Waals surface area contributed by atoms with Crippen LogP contribution in [0.3, 0.4) is 0 Å². The van der Waals surface area contributed by atoms with E-state index in [4.69, 9.17) is 11.5 Å². The standard InChI is InChI=1S/C7H17N3O3S/c1-2-3-4-5-6-13-14(11,12)10-7(8)9/h2-6H2,1H3,(H4,8,9,10). The van der Waals surface area contributed by atoms with Gasteiger partial charge in [0.05, 0.1) is 6.61 Å². The molecule has 0 aliphatic heterocycles. The molecule has 0 fully saturated rings. The first-order valence-corrected chi connectivity index (χ1v) is 5.84. The lowest BCUT2D eigenvalue weighted by Gasteiger charge is -2.00. The first kappa shape index (κ1) is 13.2. The van der Waals surface area contributed by atoms with Crippen LogP contribution in [-0.2, 0) is 14.5 Å². The van der Waals surface area contributed by atoms with Crippen LogP contribution in [0.5, 0.6) is 0 Å². The van der Waals surface area contributed by atoms with E-state index in [2.05, 4.69) is 15.5 Å². The molecule has 0 aromatic heterocycles. The quantitative estimate of drug-likeness (QED) is 0.361. The van der Waals surface area contributed by atoms with Gasteiger partial charge in [0.15, 0.2) is 0 Å². The van der Waals surface area contributed by atoms with Gasteiger partial charge in [-0.2, -0.15) is 8.42 Å². The van der Waals surface area contributed by atoms with Crippen LogP contribution in [0.4, 0.5) is 0 Å². The van der Waals surface area contributed by atoms with E-state index in [9.17, 15) is 8.42 Å². The second-order valence-electron chi connectivity index (χ2n) is 2.83. The SMILES string of the molecule is CCCCCCOS(=O)(=O)N=C(N)N. The summed E-state index contributed by atoms with van der Waals surface area (Å²) in [5, 5.41) is 0. The third-order valence-electron chi connectivity index (χ3n) is 1.45. The largest absolute Gasteiger partial charge is 0.384 e. The topological polar surface area (TPSA) is 108 Å². The Morgan fingerprint density at radius 2 is 1.93 bits per heavy atom. The van der Waals surface area contributed by atoms with Gasteiger partial charge in [0.2, 0.25) is 5.96 Å². The lowest BCUT2D eigenvalue weighted by Crippen LogP contribution is -2.24. The van der Waals surface area contributed by atoms with Gasteiger partial charge >= 0.3 is 10.3 Å². The van der Waals surface area contributed by atoms with E-state index in [1.165, 1.54) is 0 Å². The summed E-state index contributed by atoms with van der Waals surface area (Å²) in [7, 11) is -3.93. The zero-order valence-electron chi connectivity index (χ0n) is 8.27. The van der Waals surface area contributed by atoms with Crippen molar-refractivity contribution in [3.05, 3.63) is 0 Å². The summed E-state index contributed by atoms with van der Waals surface area (Å²) in [5.74, 6) is -0.515. The summed E-state index contributed by atoms with van der Waals surface area (Å²) in [6.45, 7) is 2.19. The highest BCUT2D eigenvalue weighted by atomic mass is 32.2. The molecule has 0 aliphatic rings. The van der Waals surface area contributed by atoms with Crippen LogP contribution in [0.2, 0.25) is 0 Å². The highest BCUT2D eigenvalue weighted by Gasteiger charge is 2.07. The maximum atomic E-state index is 10.9. The Hall–Kier alpha value is -0.820. The van der Waals surface area contributed by atoms with Gasteiger partial charge in [-0.1, -0.05) is 26.2 Å². The van der Waals surface area contributed by atoms with E-state index in [1.54, 1.807) is 0 Å². The van der Waals surface area contributed by atoms with Crippen LogP contribution in [0, 0.1) is 0 Å². The molecule has 0 rings (SSSR count). The second-order valence-corrected chi connectivity index (χ2v) is 4.10. The van der Waals surface area contributed by atoms with Crippen molar-refractivity contribution in [3.63, 3.8) is 0 Å². The fourth-order valence-electron chi connectivity index (χ4n) is 0.849. The van der Waals surface area contributed by atoms with Crippen molar-refractivity contribution >= 4 is 16.3 Å². The van der Waals surface area contributed by atoms with E-state index < -0.39 is 16.3 Å². The van der Waals surface area contributed by atoms with Crippen LogP contribution in [0.1, 0.15) is 32.6 Å². The molecule has 0 heterocycles. The monoisotopic (exact) mass is 223 g/mol. The van der Waals surface area contributed by atoms with Gasteiger partial charge in [-0.3, -0.25) is 4.18 Å². The van der Waals surface area contributed by atoms with Crippen LogP contribution >= 0.6 is 0 Å². The fourth-order valence-corrected chi connectivity index (χ4v) is 1.49. The molecule has 0 atom stereocenters. The molecule has 7 heteroatoms. The Labute approximate surface area is 84.6 Å². The van der Waals surface area contributed by atoms with Crippen LogP contribution in [-0.4, -0.2) is 21.0 Å². The first-order chi connectivity index (χ1) is 6.48. The number of nitrogens with two attached hydrogens (primary N) is 2. The van der Waals surface area contributed by atoms with Crippen LogP contribution < -0.4 is 11.5 Å². The van der Waals surface area contributed by atoms with Gasteiger partial charge in [0, 0.05) is 0 Å². The molecule has 0 amide bonds. The van der Waals surface area contributed by atoms with Crippen LogP contribution in [0.25, 0.3) is 0 Å². The zero-order valence-corrected chi connectivity index (χ0v) is 9.09. The zero-order chi connectivity index (χ0) is 11.0. The smallest absolute Gasteiger partial charge is 0.369 e. The molecule has 84 valence electrons. The van der Waals surface area contributed by atoms with Gasteiger partial charge in [-0.05, 0) is 6.42 Å². The molecule has 6 nitrogen and oxygen atoms in total. The van der Waals surface area contributed by atoms with Crippen molar-refractivity contribution in [2.45, 2.75) is 32.6 Å². The predicted molar refractivity (Wildman–Crippen MR) is 54.8 cm³/mol. The summed E-state index contributed by atoms with van der Waals surface area (Å²) in [5.41, 5.74) is 9.80. The van der Waals surface area contributed by atoms with Crippen LogP contribution in [0.15, 0.2) is 4.40 Å². The number of guanidine groups is 1. The molecule has 0 aliphatic carbocycles. The number of hydrogen-bond acceptors (Lipinski definition) is 3. The summed E-state index contributed by atoms with van der Waals surface area (Å²) < 4.78 is 29.3. The number of rotatable bonds is 7. The van der Waals surface area contributed by atoms with Crippen molar-refractivity contribution in [1.82, 2.24) is 0 Å². The van der Waals surface area contributed by atoms with Crippen molar-refractivity contribution in [3.8, 4) is 0 Å². The molecule has 0 aromatic carbocycles. The lowest BCUT2D eigenvalue weighted by molar-refractivity contribution is 0.307. The summed E-state index contributed by atoms with van der Waals surface area (Å²) in [4.78, 5) is 0. The minimum atomic E-state index is -3.93. The minimum absolute atomic E-state index is 0.124. The summed E-state index contributed by atoms with van der Waals surface area (Å²) >= 11 is 0. The molecule has 0 saturated heterocycles. The Bertz CT molecular complexity index is 270. The molecule has 4 N–H and O–H groups in total. The molecular weight excluding hydrogens is 206 g/mol. The summed E-state index contributed by atoms with van der Waals surface area (Å²) in [6, 6.07) is 0. The van der Waals surface area contributed by atoms with E-state index in [-0.39, 0.29) is 6.61 Å². The van der Waals surface area contributed by atoms with Crippen molar-refractivity contribution < 1.29 is 12.6 Å². The number of unbranched alkanes of at least 4 members (excludes halogenated alkanes) is 3. The average molecular weight is 223 g/mol. The molecule has 0 bridgehead atoms. The van der Waals surface area contributed by atoms with E-state index >= 15 is 0 Å². The molecular formula is C7H17N3O3S. The maximum absolute atomic E-state index is 10.9. The molecule has 0 saturated carbocycles. The van der Waals surface area contributed by atoms with Crippen molar-refractivity contribution in [2.75, 3.05) is 6.61 Å². The third-order valence-corrected chi connectivity index (χ3v) is 2.35. The molecule has 0 aromatic rings. The average Bonchev–Trinajstić information content (AvgIpc) is 2.01. The maximum Gasteiger partial charge on any atom is 0.384 e. The molecule has 0 unspecified atom stereocenters. The third kappa shape index (κ3) is 7.81.